The van der Waals surface area contributed by atoms with Gasteiger partial charge < -0.3 is 4.42 Å². The van der Waals surface area contributed by atoms with Crippen molar-refractivity contribution in [3.05, 3.63) is 178 Å². The van der Waals surface area contributed by atoms with Gasteiger partial charge in [0.25, 0.3) is 0 Å². The van der Waals surface area contributed by atoms with E-state index in [-0.39, 0.29) is 5.41 Å². The summed E-state index contributed by atoms with van der Waals surface area (Å²) >= 11 is 3.66. The van der Waals surface area contributed by atoms with E-state index in [1.807, 2.05) is 6.07 Å². The zero-order chi connectivity index (χ0) is 32.1. The third-order valence-corrected chi connectivity index (χ3v) is 10.5. The molecule has 47 heavy (non-hydrogen) atoms. The average molecular weight is 678 g/mol. The first-order valence-corrected chi connectivity index (χ1v) is 17.8. The Bertz CT molecular complexity index is 2000. The highest BCUT2D eigenvalue weighted by Crippen LogP contribution is 2.43. The lowest BCUT2D eigenvalue weighted by Gasteiger charge is -2.36. The molecule has 0 aliphatic rings. The normalized spacial score (nSPS) is 12.5. The lowest BCUT2D eigenvalue weighted by Crippen LogP contribution is -2.28. The zero-order valence-electron chi connectivity index (χ0n) is 27.0. The first-order valence-electron chi connectivity index (χ1n) is 17.0. The fourth-order valence-corrected chi connectivity index (χ4v) is 7.82. The molecule has 0 fully saturated rings. The molecule has 0 saturated carbocycles. The molecule has 6 aromatic carbocycles. The smallest absolute Gasteiger partial charge is 0.143 e. The largest absolute Gasteiger partial charge is 0.455 e. The second-order valence-electron chi connectivity index (χ2n) is 12.8. The van der Waals surface area contributed by atoms with Crippen LogP contribution in [0.25, 0.3) is 33.1 Å². The summed E-state index contributed by atoms with van der Waals surface area (Å²) in [5.74, 6) is 0.301. The van der Waals surface area contributed by atoms with Crippen LogP contribution in [0.5, 0.6) is 0 Å². The molecular formula is C45H41BrO. The number of benzene rings is 6. The van der Waals surface area contributed by atoms with E-state index >= 15 is 0 Å². The minimum atomic E-state index is -0.00207. The van der Waals surface area contributed by atoms with Crippen LogP contribution in [0.2, 0.25) is 0 Å². The Morgan fingerprint density at radius 1 is 0.574 bits per heavy atom. The Morgan fingerprint density at radius 3 is 1.81 bits per heavy atom. The van der Waals surface area contributed by atoms with Gasteiger partial charge >= 0.3 is 0 Å². The fraction of sp³-hybridized carbons (Fsp3) is 0.200. The molecule has 1 atom stereocenters. The van der Waals surface area contributed by atoms with E-state index in [1.165, 1.54) is 46.0 Å². The van der Waals surface area contributed by atoms with E-state index in [0.717, 1.165) is 52.3 Å². The van der Waals surface area contributed by atoms with Crippen LogP contribution >= 0.6 is 15.9 Å². The first-order chi connectivity index (χ1) is 23.2. The Morgan fingerprint density at radius 2 is 1.15 bits per heavy atom. The number of fused-ring (bicyclic) bond motifs is 3. The lowest BCUT2D eigenvalue weighted by atomic mass is 9.67. The molecule has 234 valence electrons. The summed E-state index contributed by atoms with van der Waals surface area (Å²) in [7, 11) is 0. The second-order valence-corrected chi connectivity index (χ2v) is 13.7. The number of hydrogen-bond donors (Lipinski definition) is 0. The molecule has 0 radical (unpaired) electrons. The van der Waals surface area contributed by atoms with Gasteiger partial charge in [0.15, 0.2) is 0 Å². The van der Waals surface area contributed by atoms with Gasteiger partial charge in [-0.05, 0) is 65.3 Å². The predicted molar refractivity (Wildman–Crippen MR) is 202 cm³/mol. The molecule has 0 N–H and O–H groups in total. The summed E-state index contributed by atoms with van der Waals surface area (Å²) in [6, 6.07) is 55.4. The lowest BCUT2D eigenvalue weighted by molar-refractivity contribution is 0.398. The summed E-state index contributed by atoms with van der Waals surface area (Å²) in [4.78, 5) is 0. The number of furan rings is 1. The molecule has 0 aliphatic carbocycles. The van der Waals surface area contributed by atoms with Crippen LogP contribution in [-0.4, -0.2) is 0 Å². The topological polar surface area (TPSA) is 13.1 Å². The Balaban J connectivity index is 1.21. The summed E-state index contributed by atoms with van der Waals surface area (Å²) in [6.45, 7) is 2.31. The summed E-state index contributed by atoms with van der Waals surface area (Å²) in [6.07, 6.45) is 6.86. The molecule has 1 aromatic heterocycles. The van der Waals surface area contributed by atoms with E-state index in [2.05, 4.69) is 168 Å². The minimum absolute atomic E-state index is 0.00207. The van der Waals surface area contributed by atoms with Crippen LogP contribution < -0.4 is 0 Å². The number of hydrogen-bond acceptors (Lipinski definition) is 1. The van der Waals surface area contributed by atoms with Crippen LogP contribution in [0.1, 0.15) is 73.6 Å². The Kier molecular flexibility index (Phi) is 9.40. The van der Waals surface area contributed by atoms with Crippen LogP contribution in [0.15, 0.2) is 161 Å². The van der Waals surface area contributed by atoms with E-state index in [1.54, 1.807) is 0 Å². The highest BCUT2D eigenvalue weighted by Gasteiger charge is 2.33. The second kappa shape index (κ2) is 14.2. The quantitative estimate of drug-likeness (QED) is 0.125. The summed E-state index contributed by atoms with van der Waals surface area (Å²) < 4.78 is 7.49. The van der Waals surface area contributed by atoms with Crippen molar-refractivity contribution in [1.82, 2.24) is 0 Å². The third kappa shape index (κ3) is 6.45. The molecule has 0 amide bonds. The van der Waals surface area contributed by atoms with E-state index in [4.69, 9.17) is 4.42 Å². The maximum Gasteiger partial charge on any atom is 0.143 e. The number of halogens is 1. The van der Waals surface area contributed by atoms with Gasteiger partial charge in [0.05, 0.1) is 0 Å². The van der Waals surface area contributed by atoms with Crippen LogP contribution in [0, 0.1) is 0 Å². The molecule has 1 heterocycles. The molecule has 0 spiro atoms. The van der Waals surface area contributed by atoms with Gasteiger partial charge in [-0.1, -0.05) is 176 Å². The zero-order valence-corrected chi connectivity index (χ0v) is 28.6. The highest BCUT2D eigenvalue weighted by atomic mass is 79.9. The summed E-state index contributed by atoms with van der Waals surface area (Å²) in [5.41, 5.74) is 9.78. The molecule has 0 aliphatic heterocycles. The van der Waals surface area contributed by atoms with E-state index < -0.39 is 0 Å². The van der Waals surface area contributed by atoms with E-state index in [0.29, 0.717) is 5.92 Å². The molecule has 1 nitrogen and oxygen atoms in total. The van der Waals surface area contributed by atoms with Crippen molar-refractivity contribution in [3.63, 3.8) is 0 Å². The third-order valence-electron chi connectivity index (χ3n) is 10.0. The Hall–Kier alpha value is -4.40. The molecule has 0 saturated heterocycles. The number of para-hydroxylation sites is 2. The van der Waals surface area contributed by atoms with Crippen molar-refractivity contribution in [1.29, 1.82) is 0 Å². The van der Waals surface area contributed by atoms with Crippen LogP contribution in [0.3, 0.4) is 0 Å². The van der Waals surface area contributed by atoms with Crippen LogP contribution in [-0.2, 0) is 5.41 Å². The van der Waals surface area contributed by atoms with Gasteiger partial charge in [0.2, 0.25) is 0 Å². The molecule has 2 heteroatoms. The molecular weight excluding hydrogens is 636 g/mol. The molecule has 7 aromatic rings. The van der Waals surface area contributed by atoms with Gasteiger partial charge in [0, 0.05) is 32.1 Å². The van der Waals surface area contributed by atoms with Gasteiger partial charge in [-0.2, -0.15) is 0 Å². The van der Waals surface area contributed by atoms with Crippen molar-refractivity contribution >= 4 is 37.9 Å². The highest BCUT2D eigenvalue weighted by molar-refractivity contribution is 9.10. The number of unbranched alkanes of at least 4 members (excludes halogenated alkanes) is 1. The van der Waals surface area contributed by atoms with Crippen molar-refractivity contribution in [3.8, 4) is 11.1 Å². The van der Waals surface area contributed by atoms with Gasteiger partial charge in [-0.3, -0.25) is 0 Å². The average Bonchev–Trinajstić information content (AvgIpc) is 3.52. The van der Waals surface area contributed by atoms with Gasteiger partial charge in [0.1, 0.15) is 11.2 Å². The van der Waals surface area contributed by atoms with Crippen molar-refractivity contribution in [2.24, 2.45) is 0 Å². The maximum absolute atomic E-state index is 6.38. The van der Waals surface area contributed by atoms with Gasteiger partial charge in [-0.15, -0.1) is 0 Å². The maximum atomic E-state index is 6.38. The van der Waals surface area contributed by atoms with Crippen molar-refractivity contribution in [2.45, 2.75) is 56.8 Å². The number of rotatable bonds is 12. The molecule has 7 rings (SSSR count). The monoisotopic (exact) mass is 676 g/mol. The Labute approximate surface area is 287 Å². The van der Waals surface area contributed by atoms with E-state index in [9.17, 15) is 0 Å². The SMILES string of the molecule is CCCCC(CCCC(c1ccc(Br)cc1)c1ccc(-c2cccc3c2oc2ccccc23)cc1)(c1ccccc1)c1ccccc1. The van der Waals surface area contributed by atoms with Gasteiger partial charge in [-0.25, -0.2) is 0 Å². The summed E-state index contributed by atoms with van der Waals surface area (Å²) in [5, 5.41) is 2.33. The standard InChI is InChI=1S/C45H41BrO/c1-2-3-31-45(36-14-6-4-7-15-36,37-16-8-5-9-17-37)32-13-21-39(34-27-29-38(46)30-28-34)33-23-25-35(26-24-33)40-19-12-20-42-41-18-10-11-22-43(41)47-44(40)42/h4-12,14-20,22-30,39H,2-3,13,21,31-32H2,1H3. The predicted octanol–water partition coefficient (Wildman–Crippen LogP) is 13.5. The van der Waals surface area contributed by atoms with Crippen LogP contribution in [0.4, 0.5) is 0 Å². The molecule has 1 unspecified atom stereocenters. The fourth-order valence-electron chi connectivity index (χ4n) is 7.56. The first kappa shape index (κ1) is 31.2. The molecule has 0 bridgehead atoms. The van der Waals surface area contributed by atoms with Crippen molar-refractivity contribution < 1.29 is 4.42 Å². The minimum Gasteiger partial charge on any atom is -0.455 e. The van der Waals surface area contributed by atoms with Crippen molar-refractivity contribution in [2.75, 3.05) is 0 Å².